The normalized spacial score (nSPS) is 38.2. The van der Waals surface area contributed by atoms with E-state index in [1.807, 2.05) is 0 Å². The van der Waals surface area contributed by atoms with Gasteiger partial charge in [-0.05, 0) is 12.8 Å². The van der Waals surface area contributed by atoms with Crippen molar-refractivity contribution in [1.29, 1.82) is 0 Å². The number of halogens is 4. The molecule has 2 atom stereocenters. The molecule has 0 aromatic carbocycles. The van der Waals surface area contributed by atoms with Gasteiger partial charge in [-0.15, -0.1) is 11.6 Å². The average molecular weight is 385 g/mol. The van der Waals surface area contributed by atoms with Crippen LogP contribution in [0, 0.1) is 0 Å². The highest BCUT2D eigenvalue weighted by molar-refractivity contribution is 9.39. The molecule has 0 bridgehead atoms. The van der Waals surface area contributed by atoms with E-state index in [4.69, 9.17) is 11.6 Å². The molecular weight excluding hydrogens is 375 g/mol. The van der Waals surface area contributed by atoms with Crippen LogP contribution in [0.15, 0.2) is 0 Å². The van der Waals surface area contributed by atoms with E-state index in [9.17, 15) is 5.11 Å². The third-order valence-electron chi connectivity index (χ3n) is 2.27. The second-order valence-corrected chi connectivity index (χ2v) is 10.4. The zero-order valence-corrected chi connectivity index (χ0v) is 11.9. The molecule has 1 nitrogen and oxygen atoms in total. The average Bonchev–Trinajstić information content (AvgIpc) is 1.93. The van der Waals surface area contributed by atoms with Crippen LogP contribution in [0.25, 0.3) is 0 Å². The molecule has 0 saturated heterocycles. The summed E-state index contributed by atoms with van der Waals surface area (Å²) >= 11 is 16.1. The van der Waals surface area contributed by atoms with Crippen molar-refractivity contribution in [3.8, 4) is 0 Å². The number of aliphatic hydroxyl groups is 1. The first-order chi connectivity index (χ1) is 5.38. The van der Waals surface area contributed by atoms with E-state index in [-0.39, 0.29) is 5.38 Å². The Hall–Kier alpha value is 1.69. The molecular formula is C7H10Br3ClO. The van der Waals surface area contributed by atoms with E-state index in [0.29, 0.717) is 6.42 Å². The van der Waals surface area contributed by atoms with Gasteiger partial charge in [0.05, 0.1) is 5.38 Å². The van der Waals surface area contributed by atoms with Crippen LogP contribution < -0.4 is 0 Å². The van der Waals surface area contributed by atoms with E-state index >= 15 is 0 Å². The molecule has 0 aromatic rings. The van der Waals surface area contributed by atoms with Gasteiger partial charge in [-0.1, -0.05) is 60.6 Å². The van der Waals surface area contributed by atoms with Gasteiger partial charge in [0.2, 0.25) is 0 Å². The predicted octanol–water partition coefficient (Wildman–Crippen LogP) is 3.74. The zero-order chi connectivity index (χ0) is 9.41. The topological polar surface area (TPSA) is 20.2 Å². The number of alkyl halides is 4. The van der Waals surface area contributed by atoms with E-state index < -0.39 is 7.74 Å². The van der Waals surface area contributed by atoms with Crippen molar-refractivity contribution in [1.82, 2.24) is 0 Å². The molecule has 0 heterocycles. The molecule has 12 heavy (non-hydrogen) atoms. The van der Waals surface area contributed by atoms with Gasteiger partial charge >= 0.3 is 0 Å². The fourth-order valence-corrected chi connectivity index (χ4v) is 3.68. The maximum Gasteiger partial charge on any atom is 0.164 e. The Bertz CT molecular complexity index is 171. The fraction of sp³-hybridized carbons (Fsp3) is 1.00. The molecule has 1 aliphatic rings. The van der Waals surface area contributed by atoms with Crippen LogP contribution in [0.2, 0.25) is 0 Å². The highest BCUT2D eigenvalue weighted by atomic mass is 80.0. The van der Waals surface area contributed by atoms with Crippen LogP contribution in [0.3, 0.4) is 0 Å². The Labute approximate surface area is 103 Å². The minimum absolute atomic E-state index is 0.204. The summed E-state index contributed by atoms with van der Waals surface area (Å²) in [6.07, 6.45) is 3.69. The monoisotopic (exact) mass is 382 g/mol. The van der Waals surface area contributed by atoms with Crippen molar-refractivity contribution < 1.29 is 5.11 Å². The standard InChI is InChI=1S/C7H10Br3ClO/c8-7(9,10)6(12)4-2-1-3-5(6)11/h5,12H,1-4H2/t5-,6+/m1/s1. The minimum atomic E-state index is -0.910. The Morgan fingerprint density at radius 1 is 1.33 bits per heavy atom. The van der Waals surface area contributed by atoms with Crippen molar-refractivity contribution in [3.63, 3.8) is 0 Å². The smallest absolute Gasteiger partial charge is 0.164 e. The first-order valence-corrected chi connectivity index (χ1v) is 6.62. The third kappa shape index (κ3) is 2.19. The van der Waals surface area contributed by atoms with Gasteiger partial charge in [-0.25, -0.2) is 0 Å². The molecule has 0 unspecified atom stereocenters. The second kappa shape index (κ2) is 4.05. The van der Waals surface area contributed by atoms with Crippen LogP contribution in [0.4, 0.5) is 0 Å². The first-order valence-electron chi connectivity index (χ1n) is 3.81. The van der Waals surface area contributed by atoms with E-state index in [1.165, 1.54) is 0 Å². The summed E-state index contributed by atoms with van der Waals surface area (Å²) in [5, 5.41) is 10.00. The highest BCUT2D eigenvalue weighted by Crippen LogP contribution is 2.51. The summed E-state index contributed by atoms with van der Waals surface area (Å²) in [4.78, 5) is 0. The SMILES string of the molecule is O[C@@]1(C(Br)(Br)Br)CCCC[C@H]1Cl. The van der Waals surface area contributed by atoms with Crippen LogP contribution >= 0.6 is 59.4 Å². The zero-order valence-electron chi connectivity index (χ0n) is 6.36. The molecule has 0 spiro atoms. The number of rotatable bonds is 0. The van der Waals surface area contributed by atoms with Gasteiger partial charge in [0, 0.05) is 0 Å². The Kier molecular flexibility index (Phi) is 3.97. The Balaban J connectivity index is 2.79. The summed E-state index contributed by atoms with van der Waals surface area (Å²) in [6.45, 7) is 0. The molecule has 1 N–H and O–H groups in total. The van der Waals surface area contributed by atoms with E-state index in [1.54, 1.807) is 0 Å². The lowest BCUT2D eigenvalue weighted by Gasteiger charge is -2.42. The van der Waals surface area contributed by atoms with Crippen LogP contribution in [0.1, 0.15) is 25.7 Å². The summed E-state index contributed by atoms with van der Waals surface area (Å²) in [5.41, 5.74) is -0.910. The lowest BCUT2D eigenvalue weighted by atomic mass is 9.86. The second-order valence-electron chi connectivity index (χ2n) is 3.14. The summed E-state index contributed by atoms with van der Waals surface area (Å²) < 4.78 is -0.660. The molecule has 72 valence electrons. The number of hydrogen-bond donors (Lipinski definition) is 1. The van der Waals surface area contributed by atoms with Crippen LogP contribution in [0.5, 0.6) is 0 Å². The fourth-order valence-electron chi connectivity index (χ4n) is 1.43. The van der Waals surface area contributed by atoms with Gasteiger partial charge in [-0.2, -0.15) is 0 Å². The maximum absolute atomic E-state index is 10.2. The predicted molar refractivity (Wildman–Crippen MR) is 62.6 cm³/mol. The molecule has 1 rings (SSSR count). The van der Waals surface area contributed by atoms with E-state index in [2.05, 4.69) is 47.8 Å². The van der Waals surface area contributed by atoms with Gasteiger partial charge in [0.15, 0.2) is 2.14 Å². The van der Waals surface area contributed by atoms with Gasteiger partial charge in [0.1, 0.15) is 5.60 Å². The molecule has 0 amide bonds. The molecule has 1 saturated carbocycles. The van der Waals surface area contributed by atoms with E-state index in [0.717, 1.165) is 19.3 Å². The Morgan fingerprint density at radius 3 is 2.25 bits per heavy atom. The number of hydrogen-bond acceptors (Lipinski definition) is 1. The van der Waals surface area contributed by atoms with Gasteiger partial charge < -0.3 is 5.11 Å². The third-order valence-corrected chi connectivity index (χ3v) is 4.91. The van der Waals surface area contributed by atoms with Crippen molar-refractivity contribution >= 4 is 59.4 Å². The molecule has 0 radical (unpaired) electrons. The molecule has 5 heteroatoms. The van der Waals surface area contributed by atoms with Gasteiger partial charge in [-0.3, -0.25) is 0 Å². The van der Waals surface area contributed by atoms with Gasteiger partial charge in [0.25, 0.3) is 0 Å². The summed E-state index contributed by atoms with van der Waals surface area (Å²) in [5.74, 6) is 0. The summed E-state index contributed by atoms with van der Waals surface area (Å²) in [7, 11) is 0. The van der Waals surface area contributed by atoms with Crippen molar-refractivity contribution in [2.45, 2.75) is 38.8 Å². The maximum atomic E-state index is 10.2. The lowest BCUT2D eigenvalue weighted by Crippen LogP contribution is -2.51. The van der Waals surface area contributed by atoms with Crippen LogP contribution in [-0.4, -0.2) is 18.2 Å². The highest BCUT2D eigenvalue weighted by Gasteiger charge is 2.51. The first kappa shape index (κ1) is 11.8. The van der Waals surface area contributed by atoms with Crippen molar-refractivity contribution in [2.24, 2.45) is 0 Å². The van der Waals surface area contributed by atoms with Crippen molar-refractivity contribution in [2.75, 3.05) is 0 Å². The summed E-state index contributed by atoms with van der Waals surface area (Å²) in [6, 6.07) is 0. The minimum Gasteiger partial charge on any atom is -0.385 e. The Morgan fingerprint density at radius 2 is 1.92 bits per heavy atom. The molecule has 0 aromatic heterocycles. The quantitative estimate of drug-likeness (QED) is 0.630. The van der Waals surface area contributed by atoms with Crippen LogP contribution in [-0.2, 0) is 0 Å². The molecule has 1 aliphatic carbocycles. The molecule has 1 fully saturated rings. The lowest BCUT2D eigenvalue weighted by molar-refractivity contribution is 0.0215. The van der Waals surface area contributed by atoms with Crippen molar-refractivity contribution in [3.05, 3.63) is 0 Å². The largest absolute Gasteiger partial charge is 0.385 e. The molecule has 0 aliphatic heterocycles.